The highest BCUT2D eigenvalue weighted by molar-refractivity contribution is 7.84. The largest absolute Gasteiger partial charge is 0.399 e. The van der Waals surface area contributed by atoms with Gasteiger partial charge >= 0.3 is 0 Å². The van der Waals surface area contributed by atoms with Gasteiger partial charge in [0.2, 0.25) is 0 Å². The lowest BCUT2D eigenvalue weighted by Crippen LogP contribution is -2.25. The van der Waals surface area contributed by atoms with E-state index in [1.807, 2.05) is 25.1 Å². The Morgan fingerprint density at radius 2 is 2.12 bits per heavy atom. The fourth-order valence-corrected chi connectivity index (χ4v) is 3.64. The predicted molar refractivity (Wildman–Crippen MR) is 71.3 cm³/mol. The molecule has 0 saturated carbocycles. The van der Waals surface area contributed by atoms with Crippen LogP contribution in [0, 0.1) is 6.92 Å². The van der Waals surface area contributed by atoms with E-state index in [2.05, 4.69) is 0 Å². The first-order valence-electron chi connectivity index (χ1n) is 5.97. The van der Waals surface area contributed by atoms with Crippen LogP contribution in [0.3, 0.4) is 0 Å². The normalized spacial score (nSPS) is 19.1. The second-order valence-electron chi connectivity index (χ2n) is 4.47. The number of rotatable bonds is 3. The molecule has 1 aliphatic rings. The number of ether oxygens (including phenoxy) is 1. The number of anilines is 1. The third kappa shape index (κ3) is 3.07. The van der Waals surface area contributed by atoms with E-state index < -0.39 is 10.8 Å². The SMILES string of the molecule is Cc1c(N)cccc1CS(=O)C1CCOCC1. The van der Waals surface area contributed by atoms with Gasteiger partial charge in [-0.1, -0.05) is 12.1 Å². The van der Waals surface area contributed by atoms with E-state index in [-0.39, 0.29) is 5.25 Å². The Kier molecular flexibility index (Phi) is 4.18. The summed E-state index contributed by atoms with van der Waals surface area (Å²) < 4.78 is 17.5. The molecule has 0 aliphatic carbocycles. The maximum absolute atomic E-state index is 12.2. The zero-order chi connectivity index (χ0) is 12.3. The van der Waals surface area contributed by atoms with Crippen LogP contribution in [0.2, 0.25) is 0 Å². The Morgan fingerprint density at radius 1 is 1.41 bits per heavy atom. The molecule has 1 unspecified atom stereocenters. The van der Waals surface area contributed by atoms with E-state index in [4.69, 9.17) is 10.5 Å². The highest BCUT2D eigenvalue weighted by atomic mass is 32.2. The van der Waals surface area contributed by atoms with Gasteiger partial charge in [0, 0.05) is 40.7 Å². The number of hydrogen-bond acceptors (Lipinski definition) is 3. The molecule has 1 saturated heterocycles. The average Bonchev–Trinajstić information content (AvgIpc) is 2.36. The van der Waals surface area contributed by atoms with Gasteiger partial charge in [-0.3, -0.25) is 4.21 Å². The fraction of sp³-hybridized carbons (Fsp3) is 0.538. The van der Waals surface area contributed by atoms with E-state index in [1.54, 1.807) is 0 Å². The Bertz CT molecular complexity index is 414. The molecule has 94 valence electrons. The summed E-state index contributed by atoms with van der Waals surface area (Å²) in [5.41, 5.74) is 8.81. The van der Waals surface area contributed by atoms with E-state index in [0.717, 1.165) is 42.9 Å². The van der Waals surface area contributed by atoms with Crippen LogP contribution in [0.15, 0.2) is 18.2 Å². The van der Waals surface area contributed by atoms with Crippen molar-refractivity contribution in [2.75, 3.05) is 18.9 Å². The Labute approximate surface area is 105 Å². The fourth-order valence-electron chi connectivity index (χ4n) is 2.07. The summed E-state index contributed by atoms with van der Waals surface area (Å²) in [7, 11) is -0.812. The predicted octanol–water partition coefficient (Wildman–Crippen LogP) is 2.00. The van der Waals surface area contributed by atoms with Gasteiger partial charge in [0.15, 0.2) is 0 Å². The first kappa shape index (κ1) is 12.6. The van der Waals surface area contributed by atoms with Gasteiger partial charge in [-0.15, -0.1) is 0 Å². The van der Waals surface area contributed by atoms with Gasteiger partial charge in [0.25, 0.3) is 0 Å². The Morgan fingerprint density at radius 3 is 2.82 bits per heavy atom. The van der Waals surface area contributed by atoms with Gasteiger partial charge in [0.1, 0.15) is 0 Å². The Balaban J connectivity index is 2.04. The topological polar surface area (TPSA) is 52.3 Å². The van der Waals surface area contributed by atoms with Crippen molar-refractivity contribution in [2.45, 2.75) is 30.8 Å². The lowest BCUT2D eigenvalue weighted by molar-refractivity contribution is 0.0992. The van der Waals surface area contributed by atoms with Crippen LogP contribution in [0.5, 0.6) is 0 Å². The van der Waals surface area contributed by atoms with Crippen LogP contribution in [0.4, 0.5) is 5.69 Å². The standard InChI is InChI=1S/C13H19NO2S/c1-10-11(3-2-4-13(10)14)9-17(15)12-5-7-16-8-6-12/h2-4,12H,5-9,14H2,1H3. The van der Waals surface area contributed by atoms with Gasteiger partial charge in [0.05, 0.1) is 0 Å². The maximum atomic E-state index is 12.2. The number of nitrogens with two attached hydrogens (primary N) is 1. The minimum Gasteiger partial charge on any atom is -0.399 e. The van der Waals surface area contributed by atoms with Crippen molar-refractivity contribution in [3.8, 4) is 0 Å². The average molecular weight is 253 g/mol. The van der Waals surface area contributed by atoms with Crippen LogP contribution < -0.4 is 5.73 Å². The molecule has 2 N–H and O–H groups in total. The summed E-state index contributed by atoms with van der Waals surface area (Å²) in [5, 5.41) is 0.282. The molecule has 17 heavy (non-hydrogen) atoms. The molecule has 1 aliphatic heterocycles. The highest BCUT2D eigenvalue weighted by Crippen LogP contribution is 2.21. The first-order valence-corrected chi connectivity index (χ1v) is 7.35. The summed E-state index contributed by atoms with van der Waals surface area (Å²) in [5.74, 6) is 0.613. The molecule has 2 rings (SSSR count). The molecular formula is C13H19NO2S. The second-order valence-corrected chi connectivity index (χ2v) is 6.19. The molecule has 1 aromatic carbocycles. The molecule has 1 heterocycles. The highest BCUT2D eigenvalue weighted by Gasteiger charge is 2.20. The summed E-state index contributed by atoms with van der Waals surface area (Å²) >= 11 is 0. The van der Waals surface area contributed by atoms with E-state index in [0.29, 0.717) is 5.75 Å². The van der Waals surface area contributed by atoms with E-state index in [1.165, 1.54) is 0 Å². The van der Waals surface area contributed by atoms with Crippen molar-refractivity contribution in [1.82, 2.24) is 0 Å². The van der Waals surface area contributed by atoms with Crippen LogP contribution in [0.1, 0.15) is 24.0 Å². The van der Waals surface area contributed by atoms with Crippen LogP contribution in [-0.2, 0) is 21.3 Å². The van der Waals surface area contributed by atoms with Crippen molar-refractivity contribution in [2.24, 2.45) is 0 Å². The molecular weight excluding hydrogens is 234 g/mol. The monoisotopic (exact) mass is 253 g/mol. The number of nitrogen functional groups attached to an aromatic ring is 1. The summed E-state index contributed by atoms with van der Waals surface area (Å²) in [6.07, 6.45) is 1.82. The molecule has 0 bridgehead atoms. The van der Waals surface area contributed by atoms with E-state index >= 15 is 0 Å². The van der Waals surface area contributed by atoms with Gasteiger partial charge in [-0.25, -0.2) is 0 Å². The van der Waals surface area contributed by atoms with Gasteiger partial charge < -0.3 is 10.5 Å². The van der Waals surface area contributed by atoms with Crippen molar-refractivity contribution in [3.05, 3.63) is 29.3 Å². The van der Waals surface area contributed by atoms with Crippen molar-refractivity contribution < 1.29 is 8.95 Å². The second kappa shape index (κ2) is 5.65. The zero-order valence-corrected chi connectivity index (χ0v) is 11.0. The number of hydrogen-bond donors (Lipinski definition) is 1. The van der Waals surface area contributed by atoms with Crippen LogP contribution >= 0.6 is 0 Å². The Hall–Kier alpha value is -0.870. The molecule has 4 heteroatoms. The minimum atomic E-state index is -0.812. The van der Waals surface area contributed by atoms with Crippen molar-refractivity contribution in [1.29, 1.82) is 0 Å². The molecule has 0 radical (unpaired) electrons. The summed E-state index contributed by atoms with van der Waals surface area (Å²) in [6, 6.07) is 5.83. The molecule has 0 amide bonds. The quantitative estimate of drug-likeness (QED) is 0.838. The first-order chi connectivity index (χ1) is 8.18. The summed E-state index contributed by atoms with van der Waals surface area (Å²) in [6.45, 7) is 3.48. The number of benzene rings is 1. The summed E-state index contributed by atoms with van der Waals surface area (Å²) in [4.78, 5) is 0. The molecule has 1 fully saturated rings. The molecule has 1 aromatic rings. The van der Waals surface area contributed by atoms with Gasteiger partial charge in [-0.05, 0) is 37.0 Å². The van der Waals surface area contributed by atoms with Crippen LogP contribution in [-0.4, -0.2) is 22.7 Å². The third-order valence-electron chi connectivity index (χ3n) is 3.33. The van der Waals surface area contributed by atoms with Crippen molar-refractivity contribution >= 4 is 16.5 Å². The maximum Gasteiger partial charge on any atom is 0.0491 e. The smallest absolute Gasteiger partial charge is 0.0491 e. The third-order valence-corrected chi connectivity index (χ3v) is 5.14. The molecule has 0 aromatic heterocycles. The zero-order valence-electron chi connectivity index (χ0n) is 10.1. The lowest BCUT2D eigenvalue weighted by Gasteiger charge is -2.21. The molecule has 1 atom stereocenters. The molecule has 0 spiro atoms. The molecule has 3 nitrogen and oxygen atoms in total. The lowest BCUT2D eigenvalue weighted by atomic mass is 10.1. The van der Waals surface area contributed by atoms with E-state index in [9.17, 15) is 4.21 Å². The minimum absolute atomic E-state index is 0.282. The van der Waals surface area contributed by atoms with Crippen LogP contribution in [0.25, 0.3) is 0 Å². The van der Waals surface area contributed by atoms with Gasteiger partial charge in [-0.2, -0.15) is 0 Å². The van der Waals surface area contributed by atoms with Crippen molar-refractivity contribution in [3.63, 3.8) is 0 Å².